The highest BCUT2D eigenvalue weighted by Crippen LogP contribution is 2.33. The van der Waals surface area contributed by atoms with Crippen molar-refractivity contribution in [1.82, 2.24) is 9.80 Å². The molecule has 0 saturated carbocycles. The molecule has 1 fully saturated rings. The lowest BCUT2D eigenvalue weighted by Gasteiger charge is -2.32. The molecule has 1 aliphatic rings. The second-order valence-corrected chi connectivity index (χ2v) is 13.0. The van der Waals surface area contributed by atoms with Crippen LogP contribution >= 0.6 is 0 Å². The zero-order chi connectivity index (χ0) is 36.0. The lowest BCUT2D eigenvalue weighted by molar-refractivity contribution is -0.132. The van der Waals surface area contributed by atoms with E-state index < -0.39 is 0 Å². The number of ether oxygens (including phenoxy) is 3. The van der Waals surface area contributed by atoms with E-state index in [1.165, 1.54) is 0 Å². The van der Waals surface area contributed by atoms with Crippen LogP contribution in [0.3, 0.4) is 0 Å². The Morgan fingerprint density at radius 1 is 0.860 bits per heavy atom. The molecule has 0 spiro atoms. The summed E-state index contributed by atoms with van der Waals surface area (Å²) in [5.41, 5.74) is 8.45. The molecule has 4 rings (SSSR count). The third-order valence-electron chi connectivity index (χ3n) is 8.51. The number of carbonyl (C=O) groups is 3. The van der Waals surface area contributed by atoms with Crippen LogP contribution in [-0.2, 0) is 4.79 Å². The van der Waals surface area contributed by atoms with Gasteiger partial charge in [0.15, 0.2) is 0 Å². The number of anilines is 2. The molecule has 50 heavy (non-hydrogen) atoms. The number of nitrogens with zero attached hydrogens (tertiary/aromatic N) is 3. The Morgan fingerprint density at radius 3 is 2.32 bits per heavy atom. The molecule has 0 bridgehead atoms. The van der Waals surface area contributed by atoms with Crippen LogP contribution < -0.4 is 30.2 Å². The maximum atomic E-state index is 13.8. The van der Waals surface area contributed by atoms with Crippen LogP contribution in [0.4, 0.5) is 11.4 Å². The Hall–Kier alpha value is -4.61. The molecule has 0 aliphatic carbocycles. The smallest absolute Gasteiger partial charge is 0.259 e. The number of para-hydroxylation sites is 1. The average molecular weight is 688 g/mol. The van der Waals surface area contributed by atoms with E-state index in [1.807, 2.05) is 49.9 Å². The first kappa shape index (κ1) is 38.2. The molecule has 0 radical (unpaired) electrons. The van der Waals surface area contributed by atoms with Crippen LogP contribution in [0.5, 0.6) is 17.2 Å². The predicted octanol–water partition coefficient (Wildman–Crippen LogP) is 5.75. The van der Waals surface area contributed by atoms with Gasteiger partial charge in [-0.1, -0.05) is 18.2 Å². The predicted molar refractivity (Wildman–Crippen MR) is 198 cm³/mol. The summed E-state index contributed by atoms with van der Waals surface area (Å²) in [7, 11) is 3.79. The number of nitrogens with two attached hydrogens (primary N) is 1. The number of carbonyl (C=O) groups excluding carboxylic acids is 3. The van der Waals surface area contributed by atoms with Gasteiger partial charge in [-0.15, -0.1) is 0 Å². The number of rotatable bonds is 17. The van der Waals surface area contributed by atoms with Crippen molar-refractivity contribution in [1.29, 1.82) is 0 Å². The SMILES string of the molecule is Cc1ccc(N(C)C(=O)c2ccc(NC(=O)c3ccccc3OCCCN)c(OC(C)C)c2)c(OCCCCCC(=O)N2CCN(C)CC2)c1. The number of amides is 3. The lowest BCUT2D eigenvalue weighted by atomic mass is 10.1. The van der Waals surface area contributed by atoms with Gasteiger partial charge in [0, 0.05) is 45.2 Å². The average Bonchev–Trinajstić information content (AvgIpc) is 3.10. The van der Waals surface area contributed by atoms with E-state index in [0.29, 0.717) is 72.4 Å². The zero-order valence-corrected chi connectivity index (χ0v) is 30.2. The quantitative estimate of drug-likeness (QED) is 0.172. The summed E-state index contributed by atoms with van der Waals surface area (Å²) in [6.45, 7) is 10.6. The largest absolute Gasteiger partial charge is 0.493 e. The first-order valence-electron chi connectivity index (χ1n) is 17.6. The van der Waals surface area contributed by atoms with Crippen LogP contribution in [0, 0.1) is 6.92 Å². The first-order valence-corrected chi connectivity index (χ1v) is 17.6. The van der Waals surface area contributed by atoms with Gasteiger partial charge in [-0.3, -0.25) is 14.4 Å². The van der Waals surface area contributed by atoms with Crippen molar-refractivity contribution in [3.8, 4) is 17.2 Å². The highest BCUT2D eigenvalue weighted by atomic mass is 16.5. The Kier molecular flexibility index (Phi) is 14.5. The molecule has 270 valence electrons. The molecule has 3 aromatic carbocycles. The number of piperazine rings is 1. The van der Waals surface area contributed by atoms with Gasteiger partial charge in [0.2, 0.25) is 5.91 Å². The number of hydrogen-bond donors (Lipinski definition) is 2. The van der Waals surface area contributed by atoms with E-state index in [4.69, 9.17) is 19.9 Å². The van der Waals surface area contributed by atoms with Gasteiger partial charge in [-0.25, -0.2) is 0 Å². The number of hydrogen-bond acceptors (Lipinski definition) is 8. The monoisotopic (exact) mass is 687 g/mol. The highest BCUT2D eigenvalue weighted by Gasteiger charge is 2.22. The number of nitrogens with one attached hydrogen (secondary N) is 1. The van der Waals surface area contributed by atoms with Crippen molar-refractivity contribution < 1.29 is 28.6 Å². The summed E-state index contributed by atoms with van der Waals surface area (Å²) in [6, 6.07) is 17.8. The van der Waals surface area contributed by atoms with Crippen molar-refractivity contribution in [2.24, 2.45) is 5.73 Å². The topological polar surface area (TPSA) is 127 Å². The first-order chi connectivity index (χ1) is 24.1. The van der Waals surface area contributed by atoms with Crippen LogP contribution in [0.15, 0.2) is 60.7 Å². The van der Waals surface area contributed by atoms with E-state index in [0.717, 1.165) is 51.0 Å². The Labute approximate surface area is 296 Å². The minimum Gasteiger partial charge on any atom is -0.493 e. The lowest BCUT2D eigenvalue weighted by Crippen LogP contribution is -2.47. The third kappa shape index (κ3) is 10.9. The molecule has 11 nitrogen and oxygen atoms in total. The van der Waals surface area contributed by atoms with E-state index in [1.54, 1.807) is 48.3 Å². The summed E-state index contributed by atoms with van der Waals surface area (Å²) in [4.78, 5) is 45.5. The van der Waals surface area contributed by atoms with Gasteiger partial charge in [-0.05, 0) is 108 Å². The zero-order valence-electron chi connectivity index (χ0n) is 30.2. The Bertz CT molecular complexity index is 1590. The van der Waals surface area contributed by atoms with E-state index >= 15 is 0 Å². The van der Waals surface area contributed by atoms with Gasteiger partial charge in [0.1, 0.15) is 17.2 Å². The Morgan fingerprint density at radius 2 is 1.58 bits per heavy atom. The molecule has 11 heteroatoms. The second kappa shape index (κ2) is 19.0. The fourth-order valence-electron chi connectivity index (χ4n) is 5.61. The normalized spacial score (nSPS) is 13.2. The summed E-state index contributed by atoms with van der Waals surface area (Å²) in [5.74, 6) is 1.06. The minimum absolute atomic E-state index is 0.206. The number of likely N-dealkylation sites (N-methyl/N-ethyl adjacent to an activating group) is 1. The van der Waals surface area contributed by atoms with E-state index in [9.17, 15) is 14.4 Å². The van der Waals surface area contributed by atoms with Crippen LogP contribution in [0.25, 0.3) is 0 Å². The standard InChI is InChI=1S/C39H53N5O6/c1-28(2)50-35-27-30(16-17-32(35)41-38(46)31-12-8-9-13-34(31)48-25-11-19-40)39(47)43(5)33-18-15-29(3)26-36(33)49-24-10-6-7-14-37(45)44-22-20-42(4)21-23-44/h8-9,12-13,15-18,26-28H,6-7,10-11,14,19-25,40H2,1-5H3,(H,41,46). The molecular formula is C39H53N5O6. The summed E-state index contributed by atoms with van der Waals surface area (Å²) < 4.78 is 18.1. The van der Waals surface area contributed by atoms with Gasteiger partial charge >= 0.3 is 0 Å². The summed E-state index contributed by atoms with van der Waals surface area (Å²) in [5, 5.41) is 2.93. The van der Waals surface area contributed by atoms with E-state index in [2.05, 4.69) is 17.3 Å². The molecule has 0 aromatic heterocycles. The van der Waals surface area contributed by atoms with Crippen LogP contribution in [0.1, 0.15) is 72.2 Å². The maximum absolute atomic E-state index is 13.8. The van der Waals surface area contributed by atoms with Gasteiger partial charge in [0.05, 0.1) is 36.3 Å². The highest BCUT2D eigenvalue weighted by molar-refractivity contribution is 6.09. The van der Waals surface area contributed by atoms with Gasteiger partial charge < -0.3 is 40.0 Å². The molecule has 3 N–H and O–H groups in total. The van der Waals surface area contributed by atoms with Gasteiger partial charge in [0.25, 0.3) is 11.8 Å². The molecule has 0 atom stereocenters. The molecule has 1 aliphatic heterocycles. The minimum atomic E-state index is -0.360. The molecular weight excluding hydrogens is 634 g/mol. The van der Waals surface area contributed by atoms with Crippen LogP contribution in [0.2, 0.25) is 0 Å². The molecule has 0 unspecified atom stereocenters. The summed E-state index contributed by atoms with van der Waals surface area (Å²) in [6.07, 6.45) is 3.52. The van der Waals surface area contributed by atoms with Crippen molar-refractivity contribution in [3.63, 3.8) is 0 Å². The fraction of sp³-hybridized carbons (Fsp3) is 0.462. The molecule has 3 aromatic rings. The van der Waals surface area contributed by atoms with Crippen molar-refractivity contribution in [2.75, 3.05) is 70.2 Å². The molecule has 3 amide bonds. The number of aryl methyl sites for hydroxylation is 1. The van der Waals surface area contributed by atoms with E-state index in [-0.39, 0.29) is 23.8 Å². The second-order valence-electron chi connectivity index (χ2n) is 13.0. The number of unbranched alkanes of at least 4 members (excludes halogenated alkanes) is 2. The van der Waals surface area contributed by atoms with Crippen LogP contribution in [-0.4, -0.2) is 93.7 Å². The third-order valence-corrected chi connectivity index (χ3v) is 8.51. The number of benzene rings is 3. The van der Waals surface area contributed by atoms with Crippen molar-refractivity contribution in [3.05, 3.63) is 77.4 Å². The fourth-order valence-corrected chi connectivity index (χ4v) is 5.61. The summed E-state index contributed by atoms with van der Waals surface area (Å²) >= 11 is 0. The van der Waals surface area contributed by atoms with Crippen molar-refractivity contribution >= 4 is 29.1 Å². The molecule has 1 saturated heterocycles. The maximum Gasteiger partial charge on any atom is 0.259 e. The Balaban J connectivity index is 1.40. The molecule has 1 heterocycles. The van der Waals surface area contributed by atoms with Gasteiger partial charge in [-0.2, -0.15) is 0 Å². The van der Waals surface area contributed by atoms with Crippen molar-refractivity contribution in [2.45, 2.75) is 59.0 Å².